The van der Waals surface area contributed by atoms with Gasteiger partial charge in [0.1, 0.15) is 17.2 Å². The van der Waals surface area contributed by atoms with Crippen molar-refractivity contribution in [3.05, 3.63) is 51.5 Å². The number of nitrogens with zero attached hydrogens (tertiary/aromatic N) is 1. The van der Waals surface area contributed by atoms with Crippen molar-refractivity contribution in [1.82, 2.24) is 5.43 Å². The Kier molecular flexibility index (Phi) is 5.31. The Morgan fingerprint density at radius 3 is 2.70 bits per heavy atom. The van der Waals surface area contributed by atoms with E-state index in [1.54, 1.807) is 0 Å². The zero-order chi connectivity index (χ0) is 17.0. The van der Waals surface area contributed by atoms with Gasteiger partial charge in [-0.05, 0) is 30.3 Å². The van der Waals surface area contributed by atoms with Crippen molar-refractivity contribution in [2.45, 2.75) is 0 Å². The second-order valence-corrected chi connectivity index (χ2v) is 5.25. The molecule has 0 aliphatic heterocycles. The van der Waals surface area contributed by atoms with E-state index in [1.807, 2.05) is 0 Å². The van der Waals surface area contributed by atoms with E-state index in [-0.39, 0.29) is 27.6 Å². The third-order valence-electron chi connectivity index (χ3n) is 2.88. The van der Waals surface area contributed by atoms with Gasteiger partial charge in [0.2, 0.25) is 0 Å². The highest BCUT2D eigenvalue weighted by atomic mass is 35.5. The van der Waals surface area contributed by atoms with Crippen LogP contribution in [0.5, 0.6) is 17.2 Å². The standard InChI is InChI=1S/C15H12Cl2N2O4/c1-23-10-2-3-13(20)11(6-10)15(22)19-18-7-8-4-9(16)5-12(17)14(8)21/h2-7,20-21H,1H3,(H,19,22). The Balaban J connectivity index is 2.16. The summed E-state index contributed by atoms with van der Waals surface area (Å²) in [6.45, 7) is 0. The minimum absolute atomic E-state index is 0.00477. The third kappa shape index (κ3) is 4.06. The minimum Gasteiger partial charge on any atom is -0.507 e. The van der Waals surface area contributed by atoms with Gasteiger partial charge >= 0.3 is 0 Å². The zero-order valence-corrected chi connectivity index (χ0v) is 13.4. The summed E-state index contributed by atoms with van der Waals surface area (Å²) in [5.74, 6) is -0.660. The number of hydrogen-bond acceptors (Lipinski definition) is 5. The van der Waals surface area contributed by atoms with Crippen LogP contribution in [0.1, 0.15) is 15.9 Å². The predicted octanol–water partition coefficient (Wildman–Crippen LogP) is 3.18. The molecule has 23 heavy (non-hydrogen) atoms. The number of benzene rings is 2. The number of halogens is 2. The summed E-state index contributed by atoms with van der Waals surface area (Å²) in [4.78, 5) is 12.0. The fraction of sp³-hybridized carbons (Fsp3) is 0.0667. The van der Waals surface area contributed by atoms with Gasteiger partial charge in [0, 0.05) is 10.6 Å². The molecule has 8 heteroatoms. The van der Waals surface area contributed by atoms with Gasteiger partial charge in [-0.25, -0.2) is 5.43 Å². The first-order valence-electron chi connectivity index (χ1n) is 6.30. The highest BCUT2D eigenvalue weighted by Crippen LogP contribution is 2.30. The molecule has 0 fully saturated rings. The monoisotopic (exact) mass is 354 g/mol. The molecule has 2 aromatic carbocycles. The molecule has 0 heterocycles. The van der Waals surface area contributed by atoms with Crippen LogP contribution in [0.2, 0.25) is 10.0 Å². The molecule has 1 amide bonds. The smallest absolute Gasteiger partial charge is 0.275 e. The first-order chi connectivity index (χ1) is 10.9. The molecule has 120 valence electrons. The maximum absolute atomic E-state index is 12.0. The fourth-order valence-electron chi connectivity index (χ4n) is 1.73. The Bertz CT molecular complexity index is 778. The summed E-state index contributed by atoms with van der Waals surface area (Å²) >= 11 is 11.6. The highest BCUT2D eigenvalue weighted by molar-refractivity contribution is 6.36. The summed E-state index contributed by atoms with van der Waals surface area (Å²) < 4.78 is 4.98. The van der Waals surface area contributed by atoms with Crippen LogP contribution >= 0.6 is 23.2 Å². The largest absolute Gasteiger partial charge is 0.507 e. The number of hydrogen-bond donors (Lipinski definition) is 3. The molecule has 0 aromatic heterocycles. The van der Waals surface area contributed by atoms with Crippen LogP contribution in [-0.4, -0.2) is 29.4 Å². The predicted molar refractivity (Wildman–Crippen MR) is 87.8 cm³/mol. The molecule has 0 aliphatic carbocycles. The Hall–Kier alpha value is -2.44. The van der Waals surface area contributed by atoms with E-state index in [4.69, 9.17) is 27.9 Å². The van der Waals surface area contributed by atoms with Gasteiger partial charge < -0.3 is 14.9 Å². The second kappa shape index (κ2) is 7.21. The number of phenolic OH excluding ortho intramolecular Hbond substituents is 2. The Morgan fingerprint density at radius 1 is 1.26 bits per heavy atom. The average Bonchev–Trinajstić information content (AvgIpc) is 2.52. The number of carbonyl (C=O) groups excluding carboxylic acids is 1. The van der Waals surface area contributed by atoms with Crippen molar-refractivity contribution in [2.24, 2.45) is 5.10 Å². The summed E-state index contributed by atoms with van der Waals surface area (Å²) in [5, 5.41) is 23.5. The van der Waals surface area contributed by atoms with Crippen molar-refractivity contribution in [1.29, 1.82) is 0 Å². The molecule has 0 saturated heterocycles. The Morgan fingerprint density at radius 2 is 2.00 bits per heavy atom. The summed E-state index contributed by atoms with van der Waals surface area (Å²) in [5.41, 5.74) is 2.45. The van der Waals surface area contributed by atoms with E-state index >= 15 is 0 Å². The third-order valence-corrected chi connectivity index (χ3v) is 3.38. The van der Waals surface area contributed by atoms with E-state index in [9.17, 15) is 15.0 Å². The van der Waals surface area contributed by atoms with Crippen molar-refractivity contribution in [2.75, 3.05) is 7.11 Å². The molecule has 0 bridgehead atoms. The van der Waals surface area contributed by atoms with Crippen LogP contribution in [0.25, 0.3) is 0 Å². The van der Waals surface area contributed by atoms with Gasteiger partial charge in [0.25, 0.3) is 5.91 Å². The molecule has 0 unspecified atom stereocenters. The van der Waals surface area contributed by atoms with Gasteiger partial charge in [0.15, 0.2) is 0 Å². The van der Waals surface area contributed by atoms with Crippen LogP contribution in [0.15, 0.2) is 35.4 Å². The quantitative estimate of drug-likeness (QED) is 0.580. The van der Waals surface area contributed by atoms with Crippen molar-refractivity contribution in [3.63, 3.8) is 0 Å². The number of nitrogens with one attached hydrogen (secondary N) is 1. The van der Waals surface area contributed by atoms with E-state index in [0.717, 1.165) is 0 Å². The van der Waals surface area contributed by atoms with E-state index in [2.05, 4.69) is 10.5 Å². The normalized spacial score (nSPS) is 10.7. The summed E-state index contributed by atoms with van der Waals surface area (Å²) in [7, 11) is 1.44. The Labute approximate surface area is 141 Å². The van der Waals surface area contributed by atoms with Gasteiger partial charge in [0.05, 0.1) is 23.9 Å². The SMILES string of the molecule is COc1ccc(O)c(C(=O)NN=Cc2cc(Cl)cc(Cl)c2O)c1. The van der Waals surface area contributed by atoms with Crippen LogP contribution in [-0.2, 0) is 0 Å². The topological polar surface area (TPSA) is 91.2 Å². The summed E-state index contributed by atoms with van der Waals surface area (Å²) in [6, 6.07) is 7.03. The average molecular weight is 355 g/mol. The van der Waals surface area contributed by atoms with Gasteiger partial charge in [-0.2, -0.15) is 5.10 Å². The second-order valence-electron chi connectivity index (χ2n) is 4.41. The molecule has 2 aromatic rings. The molecule has 0 aliphatic rings. The first kappa shape index (κ1) is 16.9. The lowest BCUT2D eigenvalue weighted by atomic mass is 10.2. The first-order valence-corrected chi connectivity index (χ1v) is 7.06. The molecule has 0 saturated carbocycles. The lowest BCUT2D eigenvalue weighted by Crippen LogP contribution is -2.17. The van der Waals surface area contributed by atoms with Crippen molar-refractivity contribution in [3.8, 4) is 17.2 Å². The van der Waals surface area contributed by atoms with Gasteiger partial charge in [-0.1, -0.05) is 23.2 Å². The van der Waals surface area contributed by atoms with E-state index < -0.39 is 5.91 Å². The van der Waals surface area contributed by atoms with Crippen LogP contribution in [0.4, 0.5) is 0 Å². The number of rotatable bonds is 4. The van der Waals surface area contributed by atoms with E-state index in [0.29, 0.717) is 10.8 Å². The summed E-state index contributed by atoms with van der Waals surface area (Å²) in [6.07, 6.45) is 1.18. The van der Waals surface area contributed by atoms with Crippen LogP contribution in [0, 0.1) is 0 Å². The van der Waals surface area contributed by atoms with Gasteiger partial charge in [-0.15, -0.1) is 0 Å². The molecule has 0 radical (unpaired) electrons. The van der Waals surface area contributed by atoms with Crippen molar-refractivity contribution < 1.29 is 19.7 Å². The molecular weight excluding hydrogens is 343 g/mol. The number of ether oxygens (including phenoxy) is 1. The highest BCUT2D eigenvalue weighted by Gasteiger charge is 2.12. The van der Waals surface area contributed by atoms with Gasteiger partial charge in [-0.3, -0.25) is 4.79 Å². The fourth-order valence-corrected chi connectivity index (χ4v) is 2.24. The number of hydrazone groups is 1. The van der Waals surface area contributed by atoms with Crippen LogP contribution < -0.4 is 10.2 Å². The number of aromatic hydroxyl groups is 2. The van der Waals surface area contributed by atoms with Crippen molar-refractivity contribution >= 4 is 35.3 Å². The molecule has 0 atom stereocenters. The minimum atomic E-state index is -0.648. The molecule has 3 N–H and O–H groups in total. The molecular formula is C15H12Cl2N2O4. The lowest BCUT2D eigenvalue weighted by molar-refractivity contribution is 0.0952. The zero-order valence-electron chi connectivity index (χ0n) is 11.9. The molecule has 2 rings (SSSR count). The number of amides is 1. The maximum Gasteiger partial charge on any atom is 0.275 e. The number of carbonyl (C=O) groups is 1. The lowest BCUT2D eigenvalue weighted by Gasteiger charge is -2.06. The maximum atomic E-state index is 12.0. The van der Waals surface area contributed by atoms with Crippen LogP contribution in [0.3, 0.4) is 0 Å². The molecule has 6 nitrogen and oxygen atoms in total. The number of methoxy groups -OCH3 is 1. The van der Waals surface area contributed by atoms with E-state index in [1.165, 1.54) is 43.7 Å². The number of phenols is 2. The molecule has 0 spiro atoms.